The topological polar surface area (TPSA) is 52.2 Å². The number of aromatic nitrogens is 4. The fourth-order valence-corrected chi connectivity index (χ4v) is 4.90. The van der Waals surface area contributed by atoms with Crippen LogP contribution < -0.4 is 5.56 Å². The van der Waals surface area contributed by atoms with Crippen molar-refractivity contribution >= 4 is 40.0 Å². The third kappa shape index (κ3) is 3.84. The summed E-state index contributed by atoms with van der Waals surface area (Å²) in [7, 11) is 0. The van der Waals surface area contributed by atoms with E-state index in [4.69, 9.17) is 11.6 Å². The highest BCUT2D eigenvalue weighted by atomic mass is 35.5. The van der Waals surface area contributed by atoms with Crippen molar-refractivity contribution < 1.29 is 0 Å². The number of benzene rings is 3. The van der Waals surface area contributed by atoms with Gasteiger partial charge in [-0.05, 0) is 35.7 Å². The fraction of sp³-hybridized carbons (Fsp3) is 0.125. The Morgan fingerprint density at radius 3 is 2.45 bits per heavy atom. The van der Waals surface area contributed by atoms with Crippen LogP contribution in [0.25, 0.3) is 16.7 Å². The van der Waals surface area contributed by atoms with Gasteiger partial charge in [-0.2, -0.15) is 0 Å². The highest BCUT2D eigenvalue weighted by molar-refractivity contribution is 7.98. The molecule has 2 aromatic heterocycles. The van der Waals surface area contributed by atoms with Crippen LogP contribution in [-0.4, -0.2) is 19.2 Å². The molecule has 7 heteroatoms. The summed E-state index contributed by atoms with van der Waals surface area (Å²) >= 11 is 7.88. The fourth-order valence-electron chi connectivity index (χ4n) is 3.67. The van der Waals surface area contributed by atoms with Crippen molar-refractivity contribution in [2.24, 2.45) is 0 Å². The number of hydrogen-bond acceptors (Lipinski definition) is 4. The molecule has 0 spiro atoms. The summed E-state index contributed by atoms with van der Waals surface area (Å²) in [4.78, 5) is 13.3. The molecule has 0 aliphatic carbocycles. The molecule has 5 aromatic rings. The predicted octanol–water partition coefficient (Wildman–Crippen LogP) is 5.23. The predicted molar refractivity (Wildman–Crippen MR) is 126 cm³/mol. The Balaban J connectivity index is 1.58. The number of halogens is 1. The third-order valence-electron chi connectivity index (χ3n) is 5.26. The minimum absolute atomic E-state index is 0.0471. The van der Waals surface area contributed by atoms with Crippen molar-refractivity contribution in [2.45, 2.75) is 23.9 Å². The van der Waals surface area contributed by atoms with Crippen LogP contribution in [0.5, 0.6) is 0 Å². The zero-order chi connectivity index (χ0) is 21.2. The zero-order valence-electron chi connectivity index (χ0n) is 16.6. The maximum absolute atomic E-state index is 13.3. The largest absolute Gasteiger partial charge is 0.276 e. The molecular formula is C24H19ClN4OS. The monoisotopic (exact) mass is 446 g/mol. The van der Waals surface area contributed by atoms with Gasteiger partial charge in [0, 0.05) is 17.3 Å². The Labute approximate surface area is 188 Å². The van der Waals surface area contributed by atoms with Gasteiger partial charge < -0.3 is 0 Å². The SMILES string of the molecule is O=c1c2ccccc2n2c(SCc3ccccc3Cl)nnc2n1CCc1ccccc1. The molecule has 3 aromatic carbocycles. The summed E-state index contributed by atoms with van der Waals surface area (Å²) in [5, 5.41) is 10.9. The summed E-state index contributed by atoms with van der Waals surface area (Å²) in [5.41, 5.74) is 2.97. The Hall–Kier alpha value is -3.09. The molecule has 0 unspecified atom stereocenters. The number of fused-ring (bicyclic) bond motifs is 3. The first-order chi connectivity index (χ1) is 15.2. The second-order valence-electron chi connectivity index (χ2n) is 7.21. The molecular weight excluding hydrogens is 428 g/mol. The first kappa shape index (κ1) is 19.8. The third-order valence-corrected chi connectivity index (χ3v) is 6.61. The lowest BCUT2D eigenvalue weighted by Crippen LogP contribution is -2.24. The molecule has 0 N–H and O–H groups in total. The van der Waals surface area contributed by atoms with Crippen LogP contribution in [0, 0.1) is 0 Å². The smallest absolute Gasteiger partial charge is 0.262 e. The second-order valence-corrected chi connectivity index (χ2v) is 8.56. The summed E-state index contributed by atoms with van der Waals surface area (Å²) in [6.45, 7) is 0.532. The molecule has 0 saturated heterocycles. The number of thioether (sulfide) groups is 1. The van der Waals surface area contributed by atoms with Crippen LogP contribution in [0.2, 0.25) is 5.02 Å². The maximum atomic E-state index is 13.3. The van der Waals surface area contributed by atoms with Crippen molar-refractivity contribution in [3.05, 3.63) is 105 Å². The van der Waals surface area contributed by atoms with Gasteiger partial charge in [-0.3, -0.25) is 13.8 Å². The van der Waals surface area contributed by atoms with Gasteiger partial charge in [0.15, 0.2) is 5.16 Å². The first-order valence-corrected chi connectivity index (χ1v) is 11.4. The normalized spacial score (nSPS) is 11.4. The molecule has 0 amide bonds. The van der Waals surface area contributed by atoms with E-state index in [0.717, 1.165) is 27.7 Å². The Bertz CT molecular complexity index is 1430. The molecule has 0 atom stereocenters. The van der Waals surface area contributed by atoms with E-state index in [0.29, 0.717) is 23.5 Å². The molecule has 0 fully saturated rings. The lowest BCUT2D eigenvalue weighted by atomic mass is 10.1. The van der Waals surface area contributed by atoms with Crippen LogP contribution in [0.4, 0.5) is 0 Å². The number of aryl methyl sites for hydroxylation is 2. The molecule has 0 aliphatic heterocycles. The van der Waals surface area contributed by atoms with Crippen LogP contribution in [0.15, 0.2) is 88.8 Å². The molecule has 0 radical (unpaired) electrons. The molecule has 154 valence electrons. The van der Waals surface area contributed by atoms with Gasteiger partial charge in [-0.15, -0.1) is 10.2 Å². The van der Waals surface area contributed by atoms with E-state index in [2.05, 4.69) is 22.3 Å². The standard InChI is InChI=1S/C24H19ClN4OS/c25-20-12-6-4-10-18(20)16-31-24-27-26-23-28(15-14-17-8-2-1-3-9-17)22(30)19-11-5-7-13-21(19)29(23)24/h1-13H,14-16H2. The minimum atomic E-state index is -0.0471. The highest BCUT2D eigenvalue weighted by Gasteiger charge is 2.17. The molecule has 5 nitrogen and oxygen atoms in total. The lowest BCUT2D eigenvalue weighted by molar-refractivity contribution is 0.677. The number of rotatable bonds is 6. The Kier molecular flexibility index (Phi) is 5.49. The Morgan fingerprint density at radius 1 is 0.871 bits per heavy atom. The summed E-state index contributed by atoms with van der Waals surface area (Å²) in [6.07, 6.45) is 0.740. The first-order valence-electron chi connectivity index (χ1n) is 9.99. The molecule has 0 saturated carbocycles. The van der Waals surface area contributed by atoms with E-state index < -0.39 is 0 Å². The van der Waals surface area contributed by atoms with Crippen molar-refractivity contribution in [3.8, 4) is 0 Å². The Morgan fingerprint density at radius 2 is 1.61 bits per heavy atom. The summed E-state index contributed by atoms with van der Waals surface area (Å²) in [5.74, 6) is 1.22. The van der Waals surface area contributed by atoms with Crippen LogP contribution in [0.3, 0.4) is 0 Å². The molecule has 0 aliphatic rings. The van der Waals surface area contributed by atoms with Gasteiger partial charge >= 0.3 is 0 Å². The number of nitrogens with zero attached hydrogens (tertiary/aromatic N) is 4. The quantitative estimate of drug-likeness (QED) is 0.335. The van der Waals surface area contributed by atoms with Gasteiger partial charge in [-0.1, -0.05) is 84.0 Å². The van der Waals surface area contributed by atoms with E-state index >= 15 is 0 Å². The zero-order valence-corrected chi connectivity index (χ0v) is 18.2. The second kappa shape index (κ2) is 8.57. The van der Waals surface area contributed by atoms with Gasteiger partial charge in [0.1, 0.15) is 0 Å². The molecule has 5 rings (SSSR count). The van der Waals surface area contributed by atoms with Crippen LogP contribution in [0.1, 0.15) is 11.1 Å². The molecule has 0 bridgehead atoms. The lowest BCUT2D eigenvalue weighted by Gasteiger charge is -2.11. The van der Waals surface area contributed by atoms with Crippen molar-refractivity contribution in [1.82, 2.24) is 19.2 Å². The van der Waals surface area contributed by atoms with Gasteiger partial charge in [-0.25, -0.2) is 0 Å². The van der Waals surface area contributed by atoms with Gasteiger partial charge in [0.2, 0.25) is 5.78 Å². The van der Waals surface area contributed by atoms with Crippen molar-refractivity contribution in [1.29, 1.82) is 0 Å². The minimum Gasteiger partial charge on any atom is -0.276 e. The van der Waals surface area contributed by atoms with Crippen LogP contribution in [-0.2, 0) is 18.7 Å². The van der Waals surface area contributed by atoms with E-state index in [9.17, 15) is 4.79 Å². The summed E-state index contributed by atoms with van der Waals surface area (Å²) in [6, 6.07) is 25.5. The number of para-hydroxylation sites is 1. The van der Waals surface area contributed by atoms with Gasteiger partial charge in [0.05, 0.1) is 10.9 Å². The maximum Gasteiger partial charge on any atom is 0.262 e. The molecule has 2 heterocycles. The van der Waals surface area contributed by atoms with Crippen molar-refractivity contribution in [2.75, 3.05) is 0 Å². The van der Waals surface area contributed by atoms with E-state index in [1.807, 2.05) is 71.1 Å². The van der Waals surface area contributed by atoms with Crippen LogP contribution >= 0.6 is 23.4 Å². The van der Waals surface area contributed by atoms with E-state index in [1.165, 1.54) is 5.56 Å². The van der Waals surface area contributed by atoms with E-state index in [1.54, 1.807) is 16.3 Å². The van der Waals surface area contributed by atoms with Gasteiger partial charge in [0.25, 0.3) is 5.56 Å². The average molecular weight is 447 g/mol. The molecule has 31 heavy (non-hydrogen) atoms. The summed E-state index contributed by atoms with van der Waals surface area (Å²) < 4.78 is 3.70. The number of hydrogen-bond donors (Lipinski definition) is 0. The van der Waals surface area contributed by atoms with Crippen molar-refractivity contribution in [3.63, 3.8) is 0 Å². The van der Waals surface area contributed by atoms with E-state index in [-0.39, 0.29) is 5.56 Å². The average Bonchev–Trinajstić information content (AvgIpc) is 3.23. The highest BCUT2D eigenvalue weighted by Crippen LogP contribution is 2.27.